The van der Waals surface area contributed by atoms with Crippen LogP contribution in [0.2, 0.25) is 0 Å². The Morgan fingerprint density at radius 3 is 2.56 bits per heavy atom. The van der Waals surface area contributed by atoms with Gasteiger partial charge in [-0.15, -0.1) is 0 Å². The number of aryl methyl sites for hydroxylation is 1. The number of morpholine rings is 1. The predicted molar refractivity (Wildman–Crippen MR) is 93.6 cm³/mol. The van der Waals surface area contributed by atoms with Crippen molar-refractivity contribution in [2.24, 2.45) is 0 Å². The zero-order chi connectivity index (χ0) is 19.2. The van der Waals surface area contributed by atoms with E-state index in [0.29, 0.717) is 30.3 Å². The monoisotopic (exact) mass is 393 g/mol. The second-order valence-corrected chi connectivity index (χ2v) is 8.18. The molecule has 0 N–H and O–H groups in total. The Kier molecular flexibility index (Phi) is 4.41. The number of sulfonamides is 1. The van der Waals surface area contributed by atoms with Gasteiger partial charge in [0.2, 0.25) is 16.8 Å². The van der Waals surface area contributed by atoms with Gasteiger partial charge in [0.1, 0.15) is 4.90 Å². The van der Waals surface area contributed by atoms with Crippen molar-refractivity contribution in [2.75, 3.05) is 33.1 Å². The summed E-state index contributed by atoms with van der Waals surface area (Å²) in [5.74, 6) is 0.608. The average molecular weight is 393 g/mol. The number of fused-ring (bicyclic) bond motifs is 1. The summed E-state index contributed by atoms with van der Waals surface area (Å²) in [6, 6.07) is 4.81. The van der Waals surface area contributed by atoms with Crippen molar-refractivity contribution in [1.82, 2.24) is 14.1 Å². The summed E-state index contributed by atoms with van der Waals surface area (Å²) in [6.07, 6.45) is 0. The van der Waals surface area contributed by atoms with E-state index >= 15 is 0 Å². The van der Waals surface area contributed by atoms with Crippen LogP contribution in [0.5, 0.6) is 11.5 Å². The minimum atomic E-state index is -3.75. The number of benzene rings is 1. The Labute approximate surface area is 156 Å². The van der Waals surface area contributed by atoms with Crippen LogP contribution >= 0.6 is 0 Å². The summed E-state index contributed by atoms with van der Waals surface area (Å²) in [4.78, 5) is 13.0. The second-order valence-electron chi connectivity index (χ2n) is 6.30. The Bertz CT molecular complexity index is 1010. The first-order valence-corrected chi connectivity index (χ1v) is 9.92. The molecule has 2 aromatic rings. The molecule has 144 valence electrons. The maximum atomic E-state index is 13.0. The Hall–Kier alpha value is -2.43. The van der Waals surface area contributed by atoms with Crippen LogP contribution in [0.4, 0.5) is 0 Å². The maximum Gasteiger partial charge on any atom is 0.278 e. The van der Waals surface area contributed by atoms with Gasteiger partial charge < -0.3 is 14.2 Å². The number of ether oxygens (including phenoxy) is 3. The minimum absolute atomic E-state index is 0.0680. The number of carbonyl (C=O) groups excluding carboxylic acids is 1. The summed E-state index contributed by atoms with van der Waals surface area (Å²) in [6.45, 7) is 4.53. The molecule has 0 unspecified atom stereocenters. The summed E-state index contributed by atoms with van der Waals surface area (Å²) < 4.78 is 44.3. The van der Waals surface area contributed by atoms with Crippen molar-refractivity contribution in [3.05, 3.63) is 35.2 Å². The van der Waals surface area contributed by atoms with E-state index in [1.165, 1.54) is 4.31 Å². The highest BCUT2D eigenvalue weighted by Gasteiger charge is 2.33. The van der Waals surface area contributed by atoms with Gasteiger partial charge in [-0.05, 0) is 32.0 Å². The Morgan fingerprint density at radius 2 is 1.81 bits per heavy atom. The van der Waals surface area contributed by atoms with E-state index in [2.05, 4.69) is 5.10 Å². The lowest BCUT2D eigenvalue weighted by molar-refractivity contribution is 0.0730. The molecule has 0 saturated carbocycles. The highest BCUT2D eigenvalue weighted by molar-refractivity contribution is 7.89. The van der Waals surface area contributed by atoms with E-state index in [9.17, 15) is 13.2 Å². The molecule has 10 heteroatoms. The van der Waals surface area contributed by atoms with E-state index in [1.54, 1.807) is 32.0 Å². The molecule has 2 aliphatic rings. The fourth-order valence-corrected chi connectivity index (χ4v) is 5.03. The molecule has 2 aliphatic heterocycles. The molecule has 0 spiro atoms. The topological polar surface area (TPSA) is 100.0 Å². The van der Waals surface area contributed by atoms with Crippen molar-refractivity contribution >= 4 is 15.9 Å². The molecule has 27 heavy (non-hydrogen) atoms. The van der Waals surface area contributed by atoms with Crippen LogP contribution in [-0.2, 0) is 14.8 Å². The van der Waals surface area contributed by atoms with E-state index in [1.807, 2.05) is 0 Å². The first kappa shape index (κ1) is 18.0. The van der Waals surface area contributed by atoms with E-state index in [0.717, 1.165) is 4.68 Å². The van der Waals surface area contributed by atoms with Crippen LogP contribution in [0, 0.1) is 13.8 Å². The molecule has 0 atom stereocenters. The lowest BCUT2D eigenvalue weighted by Crippen LogP contribution is -2.41. The van der Waals surface area contributed by atoms with Crippen molar-refractivity contribution in [3.8, 4) is 11.5 Å². The highest BCUT2D eigenvalue weighted by Crippen LogP contribution is 2.33. The predicted octanol–water partition coefficient (Wildman–Crippen LogP) is 0.938. The molecule has 0 bridgehead atoms. The molecule has 4 rings (SSSR count). The van der Waals surface area contributed by atoms with Crippen LogP contribution in [0.3, 0.4) is 0 Å². The zero-order valence-corrected chi connectivity index (χ0v) is 15.8. The van der Waals surface area contributed by atoms with Gasteiger partial charge in [0, 0.05) is 18.7 Å². The zero-order valence-electron chi connectivity index (χ0n) is 15.0. The molecule has 1 aromatic heterocycles. The van der Waals surface area contributed by atoms with Gasteiger partial charge in [0.25, 0.3) is 5.91 Å². The van der Waals surface area contributed by atoms with Gasteiger partial charge in [-0.3, -0.25) is 4.79 Å². The fourth-order valence-electron chi connectivity index (χ4n) is 3.27. The molecule has 1 aromatic carbocycles. The second kappa shape index (κ2) is 6.63. The molecular formula is C17H19N3O6S. The third-order valence-corrected chi connectivity index (χ3v) is 6.76. The highest BCUT2D eigenvalue weighted by atomic mass is 32.2. The number of hydrogen-bond acceptors (Lipinski definition) is 7. The van der Waals surface area contributed by atoms with Gasteiger partial charge in [0.05, 0.1) is 24.6 Å². The SMILES string of the molecule is Cc1nn(C(=O)c2ccc3c(c2)OCO3)c(C)c1S(=O)(=O)N1CCOCC1. The molecule has 1 saturated heterocycles. The molecule has 1 fully saturated rings. The lowest BCUT2D eigenvalue weighted by Gasteiger charge is -2.26. The quantitative estimate of drug-likeness (QED) is 0.765. The normalized spacial score (nSPS) is 17.3. The van der Waals surface area contributed by atoms with E-state index < -0.39 is 15.9 Å². The number of nitrogens with zero attached hydrogens (tertiary/aromatic N) is 3. The molecule has 0 amide bonds. The van der Waals surface area contributed by atoms with Gasteiger partial charge in [0.15, 0.2) is 11.5 Å². The average Bonchev–Trinajstić information content (AvgIpc) is 3.25. The van der Waals surface area contributed by atoms with Crippen molar-refractivity contribution in [3.63, 3.8) is 0 Å². The van der Waals surface area contributed by atoms with Gasteiger partial charge >= 0.3 is 0 Å². The Morgan fingerprint density at radius 1 is 1.11 bits per heavy atom. The standard InChI is InChI=1S/C17H19N3O6S/c1-11-16(27(22,23)19-5-7-24-8-6-19)12(2)20(18-11)17(21)13-3-4-14-15(9-13)26-10-25-14/h3-4,9H,5-8,10H2,1-2H3. The van der Waals surface area contributed by atoms with Gasteiger partial charge in [-0.2, -0.15) is 14.1 Å². The van der Waals surface area contributed by atoms with E-state index in [4.69, 9.17) is 14.2 Å². The van der Waals surface area contributed by atoms with Crippen molar-refractivity contribution in [2.45, 2.75) is 18.7 Å². The van der Waals surface area contributed by atoms with Crippen LogP contribution < -0.4 is 9.47 Å². The number of aromatic nitrogens is 2. The smallest absolute Gasteiger partial charge is 0.278 e. The fraction of sp³-hybridized carbons (Fsp3) is 0.412. The maximum absolute atomic E-state index is 13.0. The van der Waals surface area contributed by atoms with Crippen LogP contribution in [0.25, 0.3) is 0 Å². The summed E-state index contributed by atoms with van der Waals surface area (Å²) in [5, 5.41) is 4.20. The number of rotatable bonds is 3. The first-order chi connectivity index (χ1) is 12.9. The lowest BCUT2D eigenvalue weighted by atomic mass is 10.2. The van der Waals surface area contributed by atoms with Gasteiger partial charge in [-0.25, -0.2) is 8.42 Å². The first-order valence-electron chi connectivity index (χ1n) is 8.48. The molecule has 0 radical (unpaired) electrons. The van der Waals surface area contributed by atoms with Gasteiger partial charge in [-0.1, -0.05) is 0 Å². The third kappa shape index (κ3) is 2.99. The third-order valence-electron chi connectivity index (χ3n) is 4.60. The van der Waals surface area contributed by atoms with Crippen LogP contribution in [0.15, 0.2) is 23.1 Å². The van der Waals surface area contributed by atoms with Crippen LogP contribution in [0.1, 0.15) is 21.7 Å². The van der Waals surface area contributed by atoms with Crippen LogP contribution in [-0.4, -0.2) is 61.5 Å². The largest absolute Gasteiger partial charge is 0.454 e. The molecule has 0 aliphatic carbocycles. The number of hydrogen-bond donors (Lipinski definition) is 0. The number of carbonyl (C=O) groups is 1. The van der Waals surface area contributed by atoms with Crippen molar-refractivity contribution < 1.29 is 27.4 Å². The van der Waals surface area contributed by atoms with Crippen molar-refractivity contribution in [1.29, 1.82) is 0 Å². The summed E-state index contributed by atoms with van der Waals surface area (Å²) in [7, 11) is -3.75. The van der Waals surface area contributed by atoms with E-state index in [-0.39, 0.29) is 36.2 Å². The summed E-state index contributed by atoms with van der Waals surface area (Å²) in [5.41, 5.74) is 0.898. The summed E-state index contributed by atoms with van der Waals surface area (Å²) >= 11 is 0. The molecule has 3 heterocycles. The molecular weight excluding hydrogens is 374 g/mol. The Balaban J connectivity index is 1.71. The minimum Gasteiger partial charge on any atom is -0.454 e. The molecule has 9 nitrogen and oxygen atoms in total.